The van der Waals surface area contributed by atoms with Gasteiger partial charge in [0.15, 0.2) is 6.61 Å². The van der Waals surface area contributed by atoms with E-state index in [1.807, 2.05) is 0 Å². The van der Waals surface area contributed by atoms with E-state index in [4.69, 9.17) is 10.5 Å². The third-order valence-corrected chi connectivity index (χ3v) is 4.75. The summed E-state index contributed by atoms with van der Waals surface area (Å²) in [5.74, 6) is 3.12. The summed E-state index contributed by atoms with van der Waals surface area (Å²) in [6.07, 6.45) is 2.25. The lowest BCUT2D eigenvalue weighted by molar-refractivity contribution is -0.120. The summed E-state index contributed by atoms with van der Waals surface area (Å²) in [5.41, 5.74) is 5.80. The van der Waals surface area contributed by atoms with Crippen molar-refractivity contribution >= 4 is 11.6 Å². The minimum atomic E-state index is -1.94. The van der Waals surface area contributed by atoms with Gasteiger partial charge in [-0.3, -0.25) is 4.79 Å². The molecule has 2 N–H and O–H groups in total. The monoisotopic (exact) mass is 453 g/mol. The highest BCUT2D eigenvalue weighted by molar-refractivity contribution is 6.00. The number of hydrogen-bond donors (Lipinski definition) is 1. The quantitative estimate of drug-likeness (QED) is 0.585. The standard InChI is InChI=1S/C21H17F2N7O3/c1-13-7-14(4-6-28-16-3-2-5-25-20(16)33-11-17(28)31)9-26-19(13)29-12-27-30(21(29)32)10-15(8-24)18(22)23/h2-3,5,7,9,12H,8,10-11,24H2,1H3. The van der Waals surface area contributed by atoms with Gasteiger partial charge in [-0.2, -0.15) is 13.9 Å². The number of hydrogen-bond acceptors (Lipinski definition) is 7. The number of nitrogens with zero attached hydrogens (tertiary/aromatic N) is 6. The molecule has 168 valence electrons. The molecule has 0 saturated carbocycles. The van der Waals surface area contributed by atoms with Crippen molar-refractivity contribution in [2.45, 2.75) is 13.5 Å². The van der Waals surface area contributed by atoms with Gasteiger partial charge in [-0.05, 0) is 36.6 Å². The molecule has 3 aromatic rings. The van der Waals surface area contributed by atoms with Crippen molar-refractivity contribution in [2.24, 2.45) is 5.73 Å². The Morgan fingerprint density at radius 3 is 2.85 bits per heavy atom. The van der Waals surface area contributed by atoms with Crippen molar-refractivity contribution in [3.63, 3.8) is 0 Å². The number of nitrogens with two attached hydrogens (primary N) is 1. The normalized spacial score (nSPS) is 12.5. The number of ether oxygens (including phenoxy) is 1. The predicted octanol–water partition coefficient (Wildman–Crippen LogP) is 0.976. The van der Waals surface area contributed by atoms with Crippen LogP contribution < -0.4 is 21.1 Å². The van der Waals surface area contributed by atoms with Crippen LogP contribution in [0.1, 0.15) is 11.1 Å². The molecule has 3 aromatic heterocycles. The first-order valence-corrected chi connectivity index (χ1v) is 9.66. The summed E-state index contributed by atoms with van der Waals surface area (Å²) in [7, 11) is 0. The van der Waals surface area contributed by atoms with E-state index < -0.39 is 24.9 Å². The number of fused-ring (bicyclic) bond motifs is 1. The van der Waals surface area contributed by atoms with Crippen molar-refractivity contribution in [1.82, 2.24) is 24.3 Å². The number of anilines is 1. The average molecular weight is 453 g/mol. The fraction of sp³-hybridized carbons (Fsp3) is 0.190. The molecule has 4 heterocycles. The van der Waals surface area contributed by atoms with Crippen LogP contribution in [0, 0.1) is 18.9 Å². The molecule has 0 saturated heterocycles. The van der Waals surface area contributed by atoms with Crippen LogP contribution in [-0.4, -0.2) is 43.4 Å². The molecule has 0 radical (unpaired) electrons. The molecule has 12 heteroatoms. The van der Waals surface area contributed by atoms with Crippen LogP contribution in [0.3, 0.4) is 0 Å². The van der Waals surface area contributed by atoms with Gasteiger partial charge in [-0.1, -0.05) is 0 Å². The van der Waals surface area contributed by atoms with Gasteiger partial charge in [0.05, 0.1) is 6.54 Å². The number of aryl methyl sites for hydroxylation is 1. The first-order valence-electron chi connectivity index (χ1n) is 9.66. The molecule has 0 spiro atoms. The van der Waals surface area contributed by atoms with Gasteiger partial charge in [0, 0.05) is 36.1 Å². The van der Waals surface area contributed by atoms with E-state index in [2.05, 4.69) is 27.0 Å². The van der Waals surface area contributed by atoms with Crippen molar-refractivity contribution in [3.8, 4) is 23.7 Å². The van der Waals surface area contributed by atoms with Crippen LogP contribution in [0.5, 0.6) is 5.88 Å². The summed E-state index contributed by atoms with van der Waals surface area (Å²) >= 11 is 0. The van der Waals surface area contributed by atoms with Gasteiger partial charge in [-0.25, -0.2) is 28.9 Å². The topological polar surface area (TPSA) is 121 Å². The predicted molar refractivity (Wildman–Crippen MR) is 113 cm³/mol. The van der Waals surface area contributed by atoms with E-state index in [1.165, 1.54) is 17.4 Å². The summed E-state index contributed by atoms with van der Waals surface area (Å²) < 4.78 is 33.0. The minimum Gasteiger partial charge on any atom is -0.466 e. The minimum absolute atomic E-state index is 0.171. The van der Waals surface area contributed by atoms with E-state index in [9.17, 15) is 18.4 Å². The fourth-order valence-electron chi connectivity index (χ4n) is 3.10. The van der Waals surface area contributed by atoms with Gasteiger partial charge >= 0.3 is 5.69 Å². The van der Waals surface area contributed by atoms with Crippen molar-refractivity contribution in [1.29, 1.82) is 0 Å². The first-order chi connectivity index (χ1) is 15.9. The number of carbonyl (C=O) groups is 1. The third-order valence-electron chi connectivity index (χ3n) is 4.75. The molecule has 1 amide bonds. The Bertz CT molecular complexity index is 1380. The van der Waals surface area contributed by atoms with Crippen molar-refractivity contribution in [3.05, 3.63) is 70.2 Å². The third kappa shape index (κ3) is 4.35. The fourth-order valence-corrected chi connectivity index (χ4v) is 3.10. The Balaban J connectivity index is 1.61. The number of rotatable bonds is 4. The smallest absolute Gasteiger partial charge is 0.351 e. The molecule has 4 rings (SSSR count). The van der Waals surface area contributed by atoms with E-state index in [-0.39, 0.29) is 23.9 Å². The zero-order valence-electron chi connectivity index (χ0n) is 17.3. The summed E-state index contributed by atoms with van der Waals surface area (Å²) in [5, 5.41) is 3.87. The van der Waals surface area contributed by atoms with Gasteiger partial charge < -0.3 is 10.5 Å². The maximum Gasteiger partial charge on any atom is 0.351 e. The van der Waals surface area contributed by atoms with E-state index in [0.29, 0.717) is 22.7 Å². The molecule has 0 atom stereocenters. The SMILES string of the molecule is Cc1cc(C#CN2C(=O)COc3ncccc32)cnc1-n1cnn(CC(CN)=C(F)F)c1=O. The highest BCUT2D eigenvalue weighted by Gasteiger charge is 2.25. The van der Waals surface area contributed by atoms with Crippen molar-refractivity contribution in [2.75, 3.05) is 18.1 Å². The van der Waals surface area contributed by atoms with Gasteiger partial charge in [0.25, 0.3) is 12.0 Å². The number of halogens is 2. The van der Waals surface area contributed by atoms with Crippen LogP contribution in [0.15, 0.2) is 53.4 Å². The van der Waals surface area contributed by atoms with Crippen LogP contribution >= 0.6 is 0 Å². The van der Waals surface area contributed by atoms with Gasteiger partial charge in [0.2, 0.25) is 5.88 Å². The molecule has 0 unspecified atom stereocenters. The van der Waals surface area contributed by atoms with Crippen LogP contribution in [0.2, 0.25) is 0 Å². The Morgan fingerprint density at radius 1 is 1.30 bits per heavy atom. The highest BCUT2D eigenvalue weighted by atomic mass is 19.3. The second kappa shape index (κ2) is 9.01. The molecule has 0 aromatic carbocycles. The lowest BCUT2D eigenvalue weighted by atomic mass is 10.2. The van der Waals surface area contributed by atoms with E-state index in [1.54, 1.807) is 31.3 Å². The number of pyridine rings is 2. The summed E-state index contributed by atoms with van der Waals surface area (Å²) in [6, 6.07) is 7.81. The molecule has 0 aliphatic carbocycles. The summed E-state index contributed by atoms with van der Waals surface area (Å²) in [6.45, 7) is 0.730. The molecular formula is C21H17F2N7O3. The maximum atomic E-state index is 12.9. The first kappa shape index (κ1) is 21.8. The molecule has 0 bridgehead atoms. The Labute approximate surface area is 185 Å². The number of amides is 1. The molecule has 0 fully saturated rings. The van der Waals surface area contributed by atoms with Crippen molar-refractivity contribution < 1.29 is 18.3 Å². The van der Waals surface area contributed by atoms with E-state index >= 15 is 0 Å². The Hall–Kier alpha value is -4.37. The lowest BCUT2D eigenvalue weighted by Gasteiger charge is -2.23. The second-order valence-corrected chi connectivity index (χ2v) is 6.96. The number of aromatic nitrogens is 5. The van der Waals surface area contributed by atoms with Crippen LogP contribution in [-0.2, 0) is 11.3 Å². The maximum absolute atomic E-state index is 12.9. The van der Waals surface area contributed by atoms with Crippen LogP contribution in [0.4, 0.5) is 14.5 Å². The zero-order valence-corrected chi connectivity index (χ0v) is 17.3. The molecule has 33 heavy (non-hydrogen) atoms. The molecule has 1 aliphatic heterocycles. The largest absolute Gasteiger partial charge is 0.466 e. The van der Waals surface area contributed by atoms with Crippen LogP contribution in [0.25, 0.3) is 5.82 Å². The molecule has 1 aliphatic rings. The van der Waals surface area contributed by atoms with E-state index in [0.717, 1.165) is 9.25 Å². The molecular weight excluding hydrogens is 436 g/mol. The lowest BCUT2D eigenvalue weighted by Crippen LogP contribution is -2.35. The second-order valence-electron chi connectivity index (χ2n) is 6.96. The number of carbonyl (C=O) groups excluding carboxylic acids is 1. The molecule has 10 nitrogen and oxygen atoms in total. The Morgan fingerprint density at radius 2 is 2.12 bits per heavy atom. The van der Waals surface area contributed by atoms with Gasteiger partial charge in [0.1, 0.15) is 17.8 Å². The highest BCUT2D eigenvalue weighted by Crippen LogP contribution is 2.28. The summed E-state index contributed by atoms with van der Waals surface area (Å²) in [4.78, 5) is 34.4. The Kier molecular flexibility index (Phi) is 5.97. The van der Waals surface area contributed by atoms with Gasteiger partial charge in [-0.15, -0.1) is 0 Å². The zero-order chi connectivity index (χ0) is 23.5. The average Bonchev–Trinajstić information content (AvgIpc) is 3.16.